The summed E-state index contributed by atoms with van der Waals surface area (Å²) in [6.45, 7) is 1.86. The van der Waals surface area contributed by atoms with Gasteiger partial charge in [0.15, 0.2) is 5.82 Å². The van der Waals surface area contributed by atoms with Crippen molar-refractivity contribution in [3.63, 3.8) is 0 Å². The van der Waals surface area contributed by atoms with Crippen LogP contribution in [0.3, 0.4) is 0 Å². The predicted octanol–water partition coefficient (Wildman–Crippen LogP) is 2.52. The molecule has 1 heterocycles. The molecule has 1 aromatic heterocycles. The molecular formula is C11H11FN4O2. The van der Waals surface area contributed by atoms with E-state index in [2.05, 4.69) is 10.4 Å². The second-order valence-corrected chi connectivity index (χ2v) is 3.84. The van der Waals surface area contributed by atoms with Gasteiger partial charge in [0.05, 0.1) is 11.0 Å². The van der Waals surface area contributed by atoms with E-state index in [-0.39, 0.29) is 11.4 Å². The lowest BCUT2D eigenvalue weighted by Gasteiger charge is -2.03. The highest BCUT2D eigenvalue weighted by Crippen LogP contribution is 2.27. The fraction of sp³-hybridized carbons (Fsp3) is 0.182. The van der Waals surface area contributed by atoms with Gasteiger partial charge in [0, 0.05) is 18.8 Å². The van der Waals surface area contributed by atoms with Crippen molar-refractivity contribution in [3.05, 3.63) is 45.9 Å². The quantitative estimate of drug-likeness (QED) is 0.671. The first kappa shape index (κ1) is 12.0. The number of anilines is 2. The highest BCUT2D eigenvalue weighted by Gasteiger charge is 2.15. The summed E-state index contributed by atoms with van der Waals surface area (Å²) in [5.41, 5.74) is 0.792. The molecule has 94 valence electrons. The molecule has 0 aliphatic carbocycles. The van der Waals surface area contributed by atoms with E-state index in [1.807, 2.05) is 6.92 Å². The molecule has 1 aromatic carbocycles. The predicted molar refractivity (Wildman–Crippen MR) is 64.3 cm³/mol. The number of rotatable bonds is 3. The number of nitro groups is 1. The molecule has 7 heteroatoms. The summed E-state index contributed by atoms with van der Waals surface area (Å²) in [6.07, 6.45) is 0. The smallest absolute Gasteiger partial charge is 0.295 e. The standard InChI is InChI=1S/C11H11FN4O2/c1-7-5-11(14-15(7)2)13-9-4-3-8(12)6-10(9)16(17)18/h3-6H,1-2H3,(H,13,14). The molecule has 0 spiro atoms. The van der Waals surface area contributed by atoms with Gasteiger partial charge in [0.2, 0.25) is 0 Å². The second kappa shape index (κ2) is 4.44. The van der Waals surface area contributed by atoms with E-state index in [1.165, 1.54) is 6.07 Å². The topological polar surface area (TPSA) is 73.0 Å². The Morgan fingerprint density at radius 3 is 2.72 bits per heavy atom. The number of aryl methyl sites for hydroxylation is 2. The summed E-state index contributed by atoms with van der Waals surface area (Å²) in [4.78, 5) is 10.2. The molecule has 1 N–H and O–H groups in total. The highest BCUT2D eigenvalue weighted by atomic mass is 19.1. The number of halogens is 1. The van der Waals surface area contributed by atoms with Crippen LogP contribution in [0.5, 0.6) is 0 Å². The van der Waals surface area contributed by atoms with Crippen molar-refractivity contribution >= 4 is 17.2 Å². The molecule has 2 aromatic rings. The van der Waals surface area contributed by atoms with E-state index in [9.17, 15) is 14.5 Å². The fourth-order valence-electron chi connectivity index (χ4n) is 1.52. The van der Waals surface area contributed by atoms with Gasteiger partial charge in [-0.2, -0.15) is 5.10 Å². The summed E-state index contributed by atoms with van der Waals surface area (Å²) >= 11 is 0. The number of nitrogens with zero attached hydrogens (tertiary/aromatic N) is 3. The van der Waals surface area contributed by atoms with Crippen molar-refractivity contribution < 1.29 is 9.31 Å². The summed E-state index contributed by atoms with van der Waals surface area (Å²) in [5, 5.41) is 17.7. The molecule has 0 bridgehead atoms. The highest BCUT2D eigenvalue weighted by molar-refractivity contribution is 5.67. The van der Waals surface area contributed by atoms with Gasteiger partial charge in [-0.05, 0) is 19.1 Å². The molecule has 0 aliphatic rings. The Morgan fingerprint density at radius 2 is 2.17 bits per heavy atom. The van der Waals surface area contributed by atoms with Crippen molar-refractivity contribution in [2.45, 2.75) is 6.92 Å². The molecule has 0 unspecified atom stereocenters. The van der Waals surface area contributed by atoms with E-state index in [4.69, 9.17) is 0 Å². The SMILES string of the molecule is Cc1cc(Nc2ccc(F)cc2[N+](=O)[O-])nn1C. The van der Waals surface area contributed by atoms with Gasteiger partial charge in [-0.3, -0.25) is 14.8 Å². The molecule has 6 nitrogen and oxygen atoms in total. The summed E-state index contributed by atoms with van der Waals surface area (Å²) in [6, 6.07) is 5.09. The molecule has 2 rings (SSSR count). The Morgan fingerprint density at radius 1 is 1.44 bits per heavy atom. The van der Waals surface area contributed by atoms with Gasteiger partial charge >= 0.3 is 0 Å². The van der Waals surface area contributed by atoms with Gasteiger partial charge in [-0.1, -0.05) is 0 Å². The zero-order valence-electron chi connectivity index (χ0n) is 9.85. The lowest BCUT2D eigenvalue weighted by molar-refractivity contribution is -0.384. The van der Waals surface area contributed by atoms with Crippen LogP contribution in [0.4, 0.5) is 21.6 Å². The van der Waals surface area contributed by atoms with Crippen molar-refractivity contribution in [1.29, 1.82) is 0 Å². The Kier molecular flexibility index (Phi) is 2.97. The van der Waals surface area contributed by atoms with Crippen molar-refractivity contribution in [2.75, 3.05) is 5.32 Å². The average Bonchev–Trinajstić information content (AvgIpc) is 2.60. The fourth-order valence-corrected chi connectivity index (χ4v) is 1.52. The largest absolute Gasteiger partial charge is 0.333 e. The first-order chi connectivity index (χ1) is 8.47. The van der Waals surface area contributed by atoms with Gasteiger partial charge in [0.1, 0.15) is 11.5 Å². The van der Waals surface area contributed by atoms with Crippen LogP contribution in [0.1, 0.15) is 5.69 Å². The first-order valence-corrected chi connectivity index (χ1v) is 5.19. The number of hydrogen-bond acceptors (Lipinski definition) is 4. The minimum Gasteiger partial charge on any atom is -0.333 e. The molecule has 0 amide bonds. The number of hydrogen-bond donors (Lipinski definition) is 1. The molecule has 0 saturated carbocycles. The zero-order chi connectivity index (χ0) is 13.3. The lowest BCUT2D eigenvalue weighted by Crippen LogP contribution is -1.99. The van der Waals surface area contributed by atoms with Crippen LogP contribution >= 0.6 is 0 Å². The zero-order valence-corrected chi connectivity index (χ0v) is 9.85. The van der Waals surface area contributed by atoms with Crippen molar-refractivity contribution in [1.82, 2.24) is 9.78 Å². The van der Waals surface area contributed by atoms with Crippen LogP contribution in [0, 0.1) is 22.9 Å². The van der Waals surface area contributed by atoms with Crippen LogP contribution in [0.2, 0.25) is 0 Å². The normalized spacial score (nSPS) is 10.4. The second-order valence-electron chi connectivity index (χ2n) is 3.84. The number of nitrogens with one attached hydrogen (secondary N) is 1. The summed E-state index contributed by atoms with van der Waals surface area (Å²) in [7, 11) is 1.76. The third-order valence-corrected chi connectivity index (χ3v) is 2.53. The van der Waals surface area contributed by atoms with Crippen LogP contribution in [0.25, 0.3) is 0 Å². The minimum atomic E-state index is -0.649. The number of nitro benzene ring substituents is 1. The molecule has 0 saturated heterocycles. The molecule has 18 heavy (non-hydrogen) atoms. The maximum atomic E-state index is 13.0. The van der Waals surface area contributed by atoms with Crippen LogP contribution in [0.15, 0.2) is 24.3 Å². The van der Waals surface area contributed by atoms with Crippen molar-refractivity contribution in [3.8, 4) is 0 Å². The number of aromatic nitrogens is 2. The van der Waals surface area contributed by atoms with E-state index >= 15 is 0 Å². The molecule has 0 aliphatic heterocycles. The van der Waals surface area contributed by atoms with E-state index in [0.29, 0.717) is 5.82 Å². The monoisotopic (exact) mass is 250 g/mol. The van der Waals surface area contributed by atoms with E-state index in [1.54, 1.807) is 17.8 Å². The van der Waals surface area contributed by atoms with Crippen LogP contribution < -0.4 is 5.32 Å². The average molecular weight is 250 g/mol. The Labute approximate surface area is 102 Å². The lowest BCUT2D eigenvalue weighted by atomic mass is 10.2. The Balaban J connectivity index is 2.36. The van der Waals surface area contributed by atoms with Crippen LogP contribution in [-0.2, 0) is 7.05 Å². The maximum Gasteiger partial charge on any atom is 0.295 e. The third-order valence-electron chi connectivity index (χ3n) is 2.53. The van der Waals surface area contributed by atoms with Gasteiger partial charge in [0.25, 0.3) is 5.69 Å². The van der Waals surface area contributed by atoms with E-state index < -0.39 is 10.7 Å². The Bertz CT molecular complexity index is 590. The van der Waals surface area contributed by atoms with Gasteiger partial charge < -0.3 is 5.32 Å². The van der Waals surface area contributed by atoms with E-state index in [0.717, 1.165) is 17.8 Å². The maximum absolute atomic E-state index is 13.0. The molecule has 0 fully saturated rings. The molecule has 0 radical (unpaired) electrons. The Hall–Kier alpha value is -2.44. The molecule has 0 atom stereocenters. The summed E-state index contributed by atoms with van der Waals surface area (Å²) < 4.78 is 14.6. The molecular weight excluding hydrogens is 239 g/mol. The van der Waals surface area contributed by atoms with Crippen molar-refractivity contribution in [2.24, 2.45) is 7.05 Å². The van der Waals surface area contributed by atoms with Gasteiger partial charge in [-0.15, -0.1) is 0 Å². The number of benzene rings is 1. The van der Waals surface area contributed by atoms with Gasteiger partial charge in [-0.25, -0.2) is 4.39 Å². The first-order valence-electron chi connectivity index (χ1n) is 5.19. The van der Waals surface area contributed by atoms with Crippen LogP contribution in [-0.4, -0.2) is 14.7 Å². The minimum absolute atomic E-state index is 0.208. The summed E-state index contributed by atoms with van der Waals surface area (Å²) in [5.74, 6) is -0.172. The third kappa shape index (κ3) is 2.29.